The number of likely N-dealkylation sites (tertiary alicyclic amines) is 1. The number of imide groups is 1. The summed E-state index contributed by atoms with van der Waals surface area (Å²) in [5.41, 5.74) is -0.503. The van der Waals surface area contributed by atoms with E-state index in [1.807, 2.05) is 13.8 Å². The van der Waals surface area contributed by atoms with Crippen molar-refractivity contribution < 1.29 is 9.59 Å². The molecule has 2 fully saturated rings. The van der Waals surface area contributed by atoms with Crippen molar-refractivity contribution in [2.45, 2.75) is 46.1 Å². The van der Waals surface area contributed by atoms with Gasteiger partial charge >= 0.3 is 0 Å². The Labute approximate surface area is 103 Å². The van der Waals surface area contributed by atoms with E-state index in [2.05, 4.69) is 12.2 Å². The van der Waals surface area contributed by atoms with Gasteiger partial charge in [-0.05, 0) is 25.3 Å². The monoisotopic (exact) mass is 238 g/mol. The molecule has 0 radical (unpaired) electrons. The minimum Gasteiger partial charge on any atom is -0.312 e. The quantitative estimate of drug-likeness (QED) is 0.731. The van der Waals surface area contributed by atoms with Crippen LogP contribution >= 0.6 is 0 Å². The van der Waals surface area contributed by atoms with Crippen LogP contribution in [0.2, 0.25) is 0 Å². The smallest absolute Gasteiger partial charge is 0.235 e. The van der Waals surface area contributed by atoms with E-state index in [-0.39, 0.29) is 11.8 Å². The third-order valence-electron chi connectivity index (χ3n) is 3.75. The molecule has 1 heterocycles. The van der Waals surface area contributed by atoms with Crippen LogP contribution in [0.5, 0.6) is 0 Å². The van der Waals surface area contributed by atoms with Gasteiger partial charge in [-0.1, -0.05) is 20.8 Å². The number of carbonyl (C=O) groups excluding carboxylic acids is 2. The molecule has 1 aliphatic carbocycles. The average Bonchev–Trinajstić information content (AvgIpc) is 3.02. The van der Waals surface area contributed by atoms with Gasteiger partial charge in [0.05, 0.1) is 5.41 Å². The summed E-state index contributed by atoms with van der Waals surface area (Å²) in [6.07, 6.45) is 2.80. The van der Waals surface area contributed by atoms with Crippen LogP contribution in [-0.2, 0) is 9.59 Å². The average molecular weight is 238 g/mol. The van der Waals surface area contributed by atoms with Crippen LogP contribution in [0.15, 0.2) is 0 Å². The predicted octanol–water partition coefficient (Wildman–Crippen LogP) is 1.16. The van der Waals surface area contributed by atoms with Crippen molar-refractivity contribution in [3.8, 4) is 0 Å². The van der Waals surface area contributed by atoms with Crippen molar-refractivity contribution in [2.24, 2.45) is 11.3 Å². The summed E-state index contributed by atoms with van der Waals surface area (Å²) in [5.74, 6) is 0.633. The van der Waals surface area contributed by atoms with Crippen LogP contribution in [0.25, 0.3) is 0 Å². The lowest BCUT2D eigenvalue weighted by atomic mass is 9.92. The number of amides is 2. The van der Waals surface area contributed by atoms with Gasteiger partial charge in [-0.25, -0.2) is 0 Å². The van der Waals surface area contributed by atoms with E-state index in [9.17, 15) is 9.59 Å². The summed E-state index contributed by atoms with van der Waals surface area (Å²) in [6.45, 7) is 7.21. The zero-order chi connectivity index (χ0) is 12.6. The van der Waals surface area contributed by atoms with Crippen LogP contribution in [-0.4, -0.2) is 35.8 Å². The van der Waals surface area contributed by atoms with E-state index in [1.165, 1.54) is 17.7 Å². The largest absolute Gasteiger partial charge is 0.312 e. The van der Waals surface area contributed by atoms with Crippen LogP contribution in [0.3, 0.4) is 0 Å². The first-order valence-corrected chi connectivity index (χ1v) is 6.54. The lowest BCUT2D eigenvalue weighted by molar-refractivity contribution is -0.141. The summed E-state index contributed by atoms with van der Waals surface area (Å²) < 4.78 is 0. The highest BCUT2D eigenvalue weighted by atomic mass is 16.2. The molecule has 4 heteroatoms. The van der Waals surface area contributed by atoms with Crippen molar-refractivity contribution in [2.75, 3.05) is 13.1 Å². The van der Waals surface area contributed by atoms with E-state index in [0.717, 1.165) is 6.54 Å². The second-order valence-electron chi connectivity index (χ2n) is 5.87. The van der Waals surface area contributed by atoms with Gasteiger partial charge in [0.15, 0.2) is 0 Å². The summed E-state index contributed by atoms with van der Waals surface area (Å²) in [4.78, 5) is 25.4. The lowest BCUT2D eigenvalue weighted by Crippen LogP contribution is -2.45. The van der Waals surface area contributed by atoms with Gasteiger partial charge in [-0.15, -0.1) is 0 Å². The summed E-state index contributed by atoms with van der Waals surface area (Å²) in [6, 6.07) is 0.293. The maximum atomic E-state index is 12.1. The molecule has 0 aromatic carbocycles. The number of likely N-dealkylation sites (N-methyl/N-ethyl adjacent to an activating group) is 1. The van der Waals surface area contributed by atoms with Crippen molar-refractivity contribution in [1.29, 1.82) is 0 Å². The molecule has 1 saturated heterocycles. The highest BCUT2D eigenvalue weighted by Gasteiger charge is 2.46. The lowest BCUT2D eigenvalue weighted by Gasteiger charge is -2.24. The molecule has 2 amide bonds. The Hall–Kier alpha value is -0.900. The number of nitrogens with zero attached hydrogens (tertiary/aromatic N) is 1. The van der Waals surface area contributed by atoms with E-state index >= 15 is 0 Å². The SMILES string of the molecule is CCNC(CN1C(=O)CC(C)(C)C1=O)C1CC1. The van der Waals surface area contributed by atoms with Gasteiger partial charge in [-0.3, -0.25) is 14.5 Å². The Bertz CT molecular complexity index is 334. The standard InChI is InChI=1S/C13H22N2O2/c1-4-14-10(9-5-6-9)8-15-11(16)7-13(2,3)12(15)17/h9-10,14H,4-8H2,1-3H3. The van der Waals surface area contributed by atoms with Gasteiger partial charge in [-0.2, -0.15) is 0 Å². The Morgan fingerprint density at radius 2 is 2.06 bits per heavy atom. The molecule has 0 spiro atoms. The van der Waals surface area contributed by atoms with E-state index < -0.39 is 5.41 Å². The van der Waals surface area contributed by atoms with E-state index in [0.29, 0.717) is 24.9 Å². The number of carbonyl (C=O) groups is 2. The van der Waals surface area contributed by atoms with Crippen LogP contribution in [0, 0.1) is 11.3 Å². The maximum absolute atomic E-state index is 12.1. The Kier molecular flexibility index (Phi) is 3.25. The molecule has 1 atom stereocenters. The third-order valence-corrected chi connectivity index (χ3v) is 3.75. The first kappa shape index (κ1) is 12.6. The van der Waals surface area contributed by atoms with Gasteiger partial charge in [0, 0.05) is 19.0 Å². The molecule has 1 aliphatic heterocycles. The maximum Gasteiger partial charge on any atom is 0.235 e. The predicted molar refractivity (Wildman–Crippen MR) is 65.3 cm³/mol. The van der Waals surface area contributed by atoms with Crippen molar-refractivity contribution in [3.63, 3.8) is 0 Å². The van der Waals surface area contributed by atoms with E-state index in [1.54, 1.807) is 0 Å². The molecule has 0 aromatic rings. The Morgan fingerprint density at radius 3 is 2.47 bits per heavy atom. The zero-order valence-electron chi connectivity index (χ0n) is 11.0. The fourth-order valence-electron chi connectivity index (χ4n) is 2.55. The van der Waals surface area contributed by atoms with Gasteiger partial charge in [0.25, 0.3) is 0 Å². The third kappa shape index (κ3) is 2.51. The number of hydrogen-bond acceptors (Lipinski definition) is 3. The first-order valence-electron chi connectivity index (χ1n) is 6.54. The summed E-state index contributed by atoms with van der Waals surface area (Å²) in [7, 11) is 0. The normalized spacial score (nSPS) is 25.5. The minimum atomic E-state index is -0.503. The second kappa shape index (κ2) is 4.41. The van der Waals surface area contributed by atoms with Crippen molar-refractivity contribution >= 4 is 11.8 Å². The van der Waals surface area contributed by atoms with Crippen LogP contribution < -0.4 is 5.32 Å². The fraction of sp³-hybridized carbons (Fsp3) is 0.846. The molecule has 1 saturated carbocycles. The Balaban J connectivity index is 2.02. The van der Waals surface area contributed by atoms with Gasteiger partial charge in [0.1, 0.15) is 0 Å². The topological polar surface area (TPSA) is 49.4 Å². The molecule has 4 nitrogen and oxygen atoms in total. The van der Waals surface area contributed by atoms with Crippen molar-refractivity contribution in [1.82, 2.24) is 10.2 Å². The summed E-state index contributed by atoms with van der Waals surface area (Å²) >= 11 is 0. The molecule has 2 aliphatic rings. The molecule has 2 rings (SSSR count). The molecule has 96 valence electrons. The second-order valence-corrected chi connectivity index (χ2v) is 5.87. The van der Waals surface area contributed by atoms with E-state index in [4.69, 9.17) is 0 Å². The van der Waals surface area contributed by atoms with Crippen molar-refractivity contribution in [3.05, 3.63) is 0 Å². The molecule has 1 unspecified atom stereocenters. The van der Waals surface area contributed by atoms with Gasteiger partial charge < -0.3 is 5.32 Å². The first-order chi connectivity index (χ1) is 7.95. The zero-order valence-corrected chi connectivity index (χ0v) is 11.0. The molecular formula is C13H22N2O2. The Morgan fingerprint density at radius 1 is 1.41 bits per heavy atom. The number of rotatable bonds is 5. The molecule has 1 N–H and O–H groups in total. The minimum absolute atomic E-state index is 0.00828. The number of hydrogen-bond donors (Lipinski definition) is 1. The molecule has 0 aromatic heterocycles. The fourth-order valence-corrected chi connectivity index (χ4v) is 2.55. The molecule has 17 heavy (non-hydrogen) atoms. The molecular weight excluding hydrogens is 216 g/mol. The van der Waals surface area contributed by atoms with Crippen LogP contribution in [0.1, 0.15) is 40.0 Å². The highest BCUT2D eigenvalue weighted by Crippen LogP contribution is 2.36. The molecule has 0 bridgehead atoms. The van der Waals surface area contributed by atoms with Crippen LogP contribution in [0.4, 0.5) is 0 Å². The number of nitrogens with one attached hydrogen (secondary N) is 1. The van der Waals surface area contributed by atoms with Gasteiger partial charge in [0.2, 0.25) is 11.8 Å². The summed E-state index contributed by atoms with van der Waals surface area (Å²) in [5, 5.41) is 3.39. The highest BCUT2D eigenvalue weighted by molar-refractivity contribution is 6.05.